The van der Waals surface area contributed by atoms with Crippen molar-refractivity contribution in [2.75, 3.05) is 7.11 Å². The molecule has 1 aliphatic rings. The topological polar surface area (TPSA) is 59.3 Å². The van der Waals surface area contributed by atoms with Gasteiger partial charge in [-0.25, -0.2) is 0 Å². The van der Waals surface area contributed by atoms with Gasteiger partial charge in [0.1, 0.15) is 24.2 Å². The van der Waals surface area contributed by atoms with E-state index in [1.54, 1.807) is 13.2 Å². The lowest BCUT2D eigenvalue weighted by atomic mass is 9.86. The van der Waals surface area contributed by atoms with Gasteiger partial charge in [0.2, 0.25) is 0 Å². The van der Waals surface area contributed by atoms with Crippen molar-refractivity contribution >= 4 is 11.9 Å². The standard InChI is InChI=1S/C25H27NO3/c1-25(2,3)24(27)20(15-26)12-17-8-11-23(28-4)21(13-17)16-29-22-10-9-18-6-5-7-19(18)14-22/h8-14H,5-7,16H2,1-4H3/b20-12+. The zero-order chi connectivity index (χ0) is 21.0. The van der Waals surface area contributed by atoms with Crippen molar-refractivity contribution in [1.29, 1.82) is 5.26 Å². The molecule has 4 nitrogen and oxygen atoms in total. The van der Waals surface area contributed by atoms with E-state index < -0.39 is 5.41 Å². The van der Waals surface area contributed by atoms with Crippen LogP contribution in [0.5, 0.6) is 11.5 Å². The van der Waals surface area contributed by atoms with E-state index in [2.05, 4.69) is 12.1 Å². The molecule has 0 atom stereocenters. The molecule has 0 N–H and O–H groups in total. The van der Waals surface area contributed by atoms with Crippen LogP contribution in [0.4, 0.5) is 0 Å². The number of nitriles is 1. The van der Waals surface area contributed by atoms with Gasteiger partial charge in [0.05, 0.1) is 12.7 Å². The molecule has 0 fully saturated rings. The number of methoxy groups -OCH3 is 1. The van der Waals surface area contributed by atoms with Gasteiger partial charge in [0, 0.05) is 11.0 Å². The van der Waals surface area contributed by atoms with Gasteiger partial charge in [0.25, 0.3) is 0 Å². The Morgan fingerprint density at radius 1 is 1.14 bits per heavy atom. The second-order valence-corrected chi connectivity index (χ2v) is 8.39. The normalized spacial score (nSPS) is 13.6. The zero-order valence-corrected chi connectivity index (χ0v) is 17.5. The number of hydrogen-bond acceptors (Lipinski definition) is 4. The lowest BCUT2D eigenvalue weighted by Crippen LogP contribution is -2.21. The predicted molar refractivity (Wildman–Crippen MR) is 114 cm³/mol. The number of carbonyl (C=O) groups excluding carboxylic acids is 1. The average Bonchev–Trinajstić information content (AvgIpc) is 3.17. The summed E-state index contributed by atoms with van der Waals surface area (Å²) in [6.45, 7) is 5.78. The first kappa shape index (κ1) is 20.7. The highest BCUT2D eigenvalue weighted by Crippen LogP contribution is 2.28. The Balaban J connectivity index is 1.82. The Bertz CT molecular complexity index is 990. The molecule has 0 aromatic heterocycles. The second-order valence-electron chi connectivity index (χ2n) is 8.39. The number of ketones is 1. The van der Waals surface area contributed by atoms with Crippen LogP contribution in [0, 0.1) is 16.7 Å². The van der Waals surface area contributed by atoms with Crippen LogP contribution in [0.25, 0.3) is 6.08 Å². The van der Waals surface area contributed by atoms with Crippen LogP contribution < -0.4 is 9.47 Å². The van der Waals surface area contributed by atoms with Crippen molar-refractivity contribution < 1.29 is 14.3 Å². The molecular weight excluding hydrogens is 362 g/mol. The number of allylic oxidation sites excluding steroid dienone is 1. The van der Waals surface area contributed by atoms with E-state index >= 15 is 0 Å². The number of carbonyl (C=O) groups is 1. The quantitative estimate of drug-likeness (QED) is 0.498. The molecule has 2 aromatic carbocycles. The molecule has 0 saturated heterocycles. The summed E-state index contributed by atoms with van der Waals surface area (Å²) in [7, 11) is 1.62. The maximum absolute atomic E-state index is 12.5. The zero-order valence-electron chi connectivity index (χ0n) is 17.5. The van der Waals surface area contributed by atoms with Crippen LogP contribution in [0.2, 0.25) is 0 Å². The van der Waals surface area contributed by atoms with Gasteiger partial charge in [-0.05, 0) is 66.3 Å². The number of hydrogen-bond donors (Lipinski definition) is 0. The van der Waals surface area contributed by atoms with E-state index in [4.69, 9.17) is 9.47 Å². The summed E-state index contributed by atoms with van der Waals surface area (Å²) in [6.07, 6.45) is 5.09. The summed E-state index contributed by atoms with van der Waals surface area (Å²) in [6, 6.07) is 13.9. The number of ether oxygens (including phenoxy) is 2. The smallest absolute Gasteiger partial charge is 0.178 e. The fourth-order valence-corrected chi connectivity index (χ4v) is 3.52. The number of aryl methyl sites for hydroxylation is 2. The lowest BCUT2D eigenvalue weighted by Gasteiger charge is -2.16. The molecule has 0 saturated carbocycles. The van der Waals surface area contributed by atoms with Gasteiger partial charge in [0.15, 0.2) is 5.78 Å². The Kier molecular flexibility index (Phi) is 6.08. The molecule has 2 aromatic rings. The molecule has 150 valence electrons. The largest absolute Gasteiger partial charge is 0.496 e. The third-order valence-electron chi connectivity index (χ3n) is 5.13. The van der Waals surface area contributed by atoms with Gasteiger partial charge in [-0.2, -0.15) is 5.26 Å². The van der Waals surface area contributed by atoms with E-state index in [0.717, 1.165) is 29.7 Å². The van der Waals surface area contributed by atoms with E-state index in [0.29, 0.717) is 12.4 Å². The highest BCUT2D eigenvalue weighted by Gasteiger charge is 2.25. The van der Waals surface area contributed by atoms with E-state index in [-0.39, 0.29) is 11.4 Å². The maximum atomic E-state index is 12.5. The number of rotatable bonds is 6. The van der Waals surface area contributed by atoms with Crippen molar-refractivity contribution in [2.45, 2.75) is 46.6 Å². The molecule has 0 spiro atoms. The van der Waals surface area contributed by atoms with Gasteiger partial charge < -0.3 is 9.47 Å². The number of fused-ring (bicyclic) bond motifs is 1. The summed E-state index contributed by atoms with van der Waals surface area (Å²) >= 11 is 0. The van der Waals surface area contributed by atoms with Crippen LogP contribution >= 0.6 is 0 Å². The third kappa shape index (κ3) is 4.86. The van der Waals surface area contributed by atoms with Crippen molar-refractivity contribution in [3.8, 4) is 17.6 Å². The average molecular weight is 389 g/mol. The number of nitrogens with zero attached hydrogens (tertiary/aromatic N) is 1. The van der Waals surface area contributed by atoms with Crippen LogP contribution in [-0.4, -0.2) is 12.9 Å². The molecule has 0 amide bonds. The van der Waals surface area contributed by atoms with Crippen LogP contribution in [0.1, 0.15) is 49.4 Å². The summed E-state index contributed by atoms with van der Waals surface area (Å²) in [5, 5.41) is 9.43. The van der Waals surface area contributed by atoms with E-state index in [9.17, 15) is 10.1 Å². The highest BCUT2D eigenvalue weighted by molar-refractivity contribution is 6.06. The predicted octanol–water partition coefficient (Wildman–Crippen LogP) is 5.29. The van der Waals surface area contributed by atoms with Gasteiger partial charge in [-0.15, -0.1) is 0 Å². The second kappa shape index (κ2) is 8.53. The first-order valence-electron chi connectivity index (χ1n) is 9.90. The Morgan fingerprint density at radius 3 is 2.59 bits per heavy atom. The Hall–Kier alpha value is -3.06. The SMILES string of the molecule is COc1ccc(/C=C(\C#N)C(=O)C(C)(C)C)cc1COc1ccc2c(c1)CCC2. The van der Waals surface area contributed by atoms with Crippen molar-refractivity contribution in [3.63, 3.8) is 0 Å². The maximum Gasteiger partial charge on any atom is 0.178 e. The molecule has 3 rings (SSSR count). The number of benzene rings is 2. The van der Waals surface area contributed by atoms with Crippen LogP contribution in [0.3, 0.4) is 0 Å². The molecule has 0 heterocycles. The fourth-order valence-electron chi connectivity index (χ4n) is 3.52. The summed E-state index contributed by atoms with van der Waals surface area (Å²) < 4.78 is 11.5. The molecule has 1 aliphatic carbocycles. The molecule has 0 bridgehead atoms. The van der Waals surface area contributed by atoms with Crippen molar-refractivity contribution in [2.24, 2.45) is 5.41 Å². The Labute approximate surface area is 172 Å². The minimum absolute atomic E-state index is 0.146. The first-order valence-corrected chi connectivity index (χ1v) is 9.90. The molecular formula is C25H27NO3. The van der Waals surface area contributed by atoms with Gasteiger partial charge in [-0.3, -0.25) is 4.79 Å². The lowest BCUT2D eigenvalue weighted by molar-refractivity contribution is -0.121. The molecule has 4 heteroatoms. The van der Waals surface area contributed by atoms with E-state index in [1.807, 2.05) is 51.1 Å². The summed E-state index contributed by atoms with van der Waals surface area (Å²) in [4.78, 5) is 12.5. The third-order valence-corrected chi connectivity index (χ3v) is 5.13. The Morgan fingerprint density at radius 2 is 1.90 bits per heavy atom. The van der Waals surface area contributed by atoms with Crippen LogP contribution in [-0.2, 0) is 24.2 Å². The van der Waals surface area contributed by atoms with Gasteiger partial charge in [-0.1, -0.05) is 32.9 Å². The minimum atomic E-state index is -0.604. The first-order chi connectivity index (χ1) is 13.8. The fraction of sp³-hybridized carbons (Fsp3) is 0.360. The summed E-state index contributed by atoms with van der Waals surface area (Å²) in [5.41, 5.74) is 3.95. The van der Waals surface area contributed by atoms with Gasteiger partial charge >= 0.3 is 0 Å². The van der Waals surface area contributed by atoms with Crippen LogP contribution in [0.15, 0.2) is 42.0 Å². The van der Waals surface area contributed by atoms with Crippen molar-refractivity contribution in [3.05, 3.63) is 64.2 Å². The monoisotopic (exact) mass is 389 g/mol. The minimum Gasteiger partial charge on any atom is -0.496 e. The number of Topliss-reactive ketones (excluding diaryl/α,β-unsaturated/α-hetero) is 1. The van der Waals surface area contributed by atoms with E-state index in [1.165, 1.54) is 17.5 Å². The highest BCUT2D eigenvalue weighted by atomic mass is 16.5. The molecule has 29 heavy (non-hydrogen) atoms. The molecule has 0 radical (unpaired) electrons. The molecule has 0 aliphatic heterocycles. The van der Waals surface area contributed by atoms with Crippen molar-refractivity contribution in [1.82, 2.24) is 0 Å². The molecule has 0 unspecified atom stereocenters. The summed E-state index contributed by atoms with van der Waals surface area (Å²) in [5.74, 6) is 1.38.